The number of unbranched alkanes of at least 4 members (excludes halogenated alkanes) is 4. The lowest BCUT2D eigenvalue weighted by molar-refractivity contribution is 0.602. The van der Waals surface area contributed by atoms with Crippen molar-refractivity contribution < 1.29 is 4.42 Å². The third kappa shape index (κ3) is 4.16. The van der Waals surface area contributed by atoms with Crippen LogP contribution in [0.5, 0.6) is 0 Å². The second-order valence-corrected chi connectivity index (χ2v) is 7.40. The van der Waals surface area contributed by atoms with E-state index in [4.69, 9.17) is 4.42 Å². The smallest absolute Gasteiger partial charge is 0.262 e. The molecule has 4 nitrogen and oxygen atoms in total. The Morgan fingerprint density at radius 3 is 2.21 bits per heavy atom. The molecule has 4 rings (SSSR count). The molecule has 2 aromatic heterocycles. The molecular formula is C25H26N2O2. The molecule has 0 radical (unpaired) electrons. The van der Waals surface area contributed by atoms with Gasteiger partial charge in [-0.1, -0.05) is 93.3 Å². The van der Waals surface area contributed by atoms with E-state index in [0.29, 0.717) is 22.7 Å². The highest BCUT2D eigenvalue weighted by molar-refractivity contribution is 5.99. The number of fused-ring (bicyclic) bond motifs is 1. The van der Waals surface area contributed by atoms with Crippen molar-refractivity contribution in [3.8, 4) is 22.5 Å². The average molecular weight is 386 g/mol. The van der Waals surface area contributed by atoms with Crippen LogP contribution < -0.4 is 5.56 Å². The van der Waals surface area contributed by atoms with Gasteiger partial charge in [-0.25, -0.2) is 0 Å². The standard InChI is InChI=1S/C25H26N2O2/c1-2-3-4-5-12-17-20-26-24(28)22-21(18-13-8-6-9-14-18)23(29-25(22)27-20)19-15-10-7-11-16-19/h6-11,13-16H,2-5,12,17H2,1H3,(H,26,27,28). The lowest BCUT2D eigenvalue weighted by Gasteiger charge is -2.03. The maximum Gasteiger partial charge on any atom is 0.262 e. The molecule has 0 aliphatic rings. The van der Waals surface area contributed by atoms with Crippen LogP contribution in [-0.4, -0.2) is 9.97 Å². The fraction of sp³-hybridized carbons (Fsp3) is 0.280. The van der Waals surface area contributed by atoms with Gasteiger partial charge in [-0.05, 0) is 12.0 Å². The summed E-state index contributed by atoms with van der Waals surface area (Å²) < 4.78 is 6.17. The monoisotopic (exact) mass is 386 g/mol. The summed E-state index contributed by atoms with van der Waals surface area (Å²) in [5.41, 5.74) is 2.96. The van der Waals surface area contributed by atoms with Crippen LogP contribution in [0, 0.1) is 0 Å². The van der Waals surface area contributed by atoms with Crippen molar-refractivity contribution in [3.05, 3.63) is 76.8 Å². The zero-order valence-electron chi connectivity index (χ0n) is 16.8. The molecule has 0 fully saturated rings. The minimum absolute atomic E-state index is 0.136. The van der Waals surface area contributed by atoms with Crippen LogP contribution in [0.4, 0.5) is 0 Å². The molecule has 0 bridgehead atoms. The van der Waals surface area contributed by atoms with Crippen LogP contribution in [0.3, 0.4) is 0 Å². The Labute approximate surface area is 170 Å². The third-order valence-corrected chi connectivity index (χ3v) is 5.23. The zero-order valence-corrected chi connectivity index (χ0v) is 16.8. The highest BCUT2D eigenvalue weighted by atomic mass is 16.3. The molecule has 0 saturated carbocycles. The average Bonchev–Trinajstić information content (AvgIpc) is 3.15. The number of benzene rings is 2. The lowest BCUT2D eigenvalue weighted by atomic mass is 10.00. The Bertz CT molecular complexity index is 1130. The van der Waals surface area contributed by atoms with Crippen LogP contribution in [0.15, 0.2) is 69.9 Å². The van der Waals surface area contributed by atoms with Crippen molar-refractivity contribution in [2.45, 2.75) is 45.4 Å². The Morgan fingerprint density at radius 2 is 1.52 bits per heavy atom. The summed E-state index contributed by atoms with van der Waals surface area (Å²) in [5.74, 6) is 1.39. The number of nitrogens with zero attached hydrogens (tertiary/aromatic N) is 1. The Hall–Kier alpha value is -3.14. The van der Waals surface area contributed by atoms with Gasteiger partial charge in [0.15, 0.2) is 0 Å². The molecule has 0 aliphatic heterocycles. The van der Waals surface area contributed by atoms with E-state index in [1.165, 1.54) is 19.3 Å². The van der Waals surface area contributed by atoms with Crippen LogP contribution in [0.25, 0.3) is 33.6 Å². The number of rotatable bonds is 8. The molecule has 0 spiro atoms. The van der Waals surface area contributed by atoms with Gasteiger partial charge < -0.3 is 9.40 Å². The van der Waals surface area contributed by atoms with E-state index in [1.807, 2.05) is 60.7 Å². The number of nitrogens with one attached hydrogen (secondary N) is 1. The summed E-state index contributed by atoms with van der Waals surface area (Å²) >= 11 is 0. The van der Waals surface area contributed by atoms with Gasteiger partial charge >= 0.3 is 0 Å². The summed E-state index contributed by atoms with van der Waals surface area (Å²) in [6.45, 7) is 2.21. The van der Waals surface area contributed by atoms with Crippen molar-refractivity contribution >= 4 is 11.1 Å². The van der Waals surface area contributed by atoms with E-state index in [2.05, 4.69) is 16.9 Å². The Morgan fingerprint density at radius 1 is 0.862 bits per heavy atom. The third-order valence-electron chi connectivity index (χ3n) is 5.23. The first-order valence-corrected chi connectivity index (χ1v) is 10.4. The van der Waals surface area contributed by atoms with Crippen molar-refractivity contribution in [1.29, 1.82) is 0 Å². The predicted molar refractivity (Wildman–Crippen MR) is 118 cm³/mol. The van der Waals surface area contributed by atoms with Gasteiger partial charge in [-0.15, -0.1) is 0 Å². The number of hydrogen-bond donors (Lipinski definition) is 1. The first-order valence-electron chi connectivity index (χ1n) is 10.4. The van der Waals surface area contributed by atoms with Gasteiger partial charge in [0, 0.05) is 17.5 Å². The summed E-state index contributed by atoms with van der Waals surface area (Å²) in [6, 6.07) is 19.8. The number of H-pyrrole nitrogens is 1. The second kappa shape index (κ2) is 8.91. The molecule has 148 valence electrons. The SMILES string of the molecule is CCCCCCCc1nc2oc(-c3ccccc3)c(-c3ccccc3)c2c(=O)[nH]1. The summed E-state index contributed by atoms with van der Waals surface area (Å²) in [5, 5.41) is 0.518. The first kappa shape index (κ1) is 19.2. The van der Waals surface area contributed by atoms with Crippen molar-refractivity contribution in [2.75, 3.05) is 0 Å². The predicted octanol–water partition coefficient (Wildman–Crippen LogP) is 6.36. The topological polar surface area (TPSA) is 58.9 Å². The minimum Gasteiger partial charge on any atom is -0.437 e. The molecule has 2 aromatic carbocycles. The van der Waals surface area contributed by atoms with Crippen LogP contribution in [-0.2, 0) is 6.42 Å². The molecule has 2 heterocycles. The van der Waals surface area contributed by atoms with Gasteiger partial charge in [0.1, 0.15) is 17.0 Å². The highest BCUT2D eigenvalue weighted by Gasteiger charge is 2.21. The fourth-order valence-corrected chi connectivity index (χ4v) is 3.74. The van der Waals surface area contributed by atoms with Gasteiger partial charge in [0.25, 0.3) is 5.56 Å². The summed E-state index contributed by atoms with van der Waals surface area (Å²) in [6.07, 6.45) is 6.63. The first-order chi connectivity index (χ1) is 14.3. The maximum atomic E-state index is 13.0. The molecule has 0 amide bonds. The Kier molecular flexibility index (Phi) is 5.89. The molecule has 0 saturated heterocycles. The van der Waals surface area contributed by atoms with Crippen molar-refractivity contribution in [2.24, 2.45) is 0 Å². The number of aromatic nitrogens is 2. The largest absolute Gasteiger partial charge is 0.437 e. The van der Waals surface area contributed by atoms with E-state index in [-0.39, 0.29) is 5.56 Å². The lowest BCUT2D eigenvalue weighted by Crippen LogP contribution is -2.11. The van der Waals surface area contributed by atoms with Crippen molar-refractivity contribution in [1.82, 2.24) is 9.97 Å². The zero-order chi connectivity index (χ0) is 20.1. The number of hydrogen-bond acceptors (Lipinski definition) is 3. The van der Waals surface area contributed by atoms with Crippen LogP contribution >= 0.6 is 0 Å². The van der Waals surface area contributed by atoms with Gasteiger partial charge in [0.2, 0.25) is 5.71 Å². The van der Waals surface area contributed by atoms with Gasteiger partial charge in [-0.3, -0.25) is 4.79 Å². The molecule has 0 aliphatic carbocycles. The highest BCUT2D eigenvalue weighted by Crippen LogP contribution is 2.38. The molecule has 4 heteroatoms. The minimum atomic E-state index is -0.136. The number of furan rings is 1. The number of aromatic amines is 1. The Balaban J connectivity index is 1.78. The van der Waals surface area contributed by atoms with E-state index in [0.717, 1.165) is 36.0 Å². The quantitative estimate of drug-likeness (QED) is 0.358. The van der Waals surface area contributed by atoms with Gasteiger partial charge in [0.05, 0.1) is 0 Å². The maximum absolute atomic E-state index is 13.0. The molecule has 29 heavy (non-hydrogen) atoms. The fourth-order valence-electron chi connectivity index (χ4n) is 3.74. The van der Waals surface area contributed by atoms with Crippen LogP contribution in [0.2, 0.25) is 0 Å². The summed E-state index contributed by atoms with van der Waals surface area (Å²) in [4.78, 5) is 20.7. The van der Waals surface area contributed by atoms with E-state index in [9.17, 15) is 4.79 Å². The molecule has 0 atom stereocenters. The second-order valence-electron chi connectivity index (χ2n) is 7.40. The van der Waals surface area contributed by atoms with Gasteiger partial charge in [-0.2, -0.15) is 4.98 Å². The van der Waals surface area contributed by atoms with E-state index < -0.39 is 0 Å². The summed E-state index contributed by atoms with van der Waals surface area (Å²) in [7, 11) is 0. The van der Waals surface area contributed by atoms with Crippen LogP contribution in [0.1, 0.15) is 44.9 Å². The van der Waals surface area contributed by atoms with E-state index >= 15 is 0 Å². The molecule has 4 aromatic rings. The molecular weight excluding hydrogens is 360 g/mol. The van der Waals surface area contributed by atoms with Crippen molar-refractivity contribution in [3.63, 3.8) is 0 Å². The molecule has 0 unspecified atom stereocenters. The molecule has 1 N–H and O–H groups in total. The normalized spacial score (nSPS) is 11.2. The number of aryl methyl sites for hydroxylation is 1. The van der Waals surface area contributed by atoms with E-state index in [1.54, 1.807) is 0 Å².